The van der Waals surface area contributed by atoms with E-state index in [0.29, 0.717) is 12.8 Å². The van der Waals surface area contributed by atoms with Gasteiger partial charge in [-0.2, -0.15) is 0 Å². The van der Waals surface area contributed by atoms with E-state index in [-0.39, 0.29) is 18.6 Å². The molecule has 1 N–H and O–H groups in total. The van der Waals surface area contributed by atoms with Crippen molar-refractivity contribution < 1.29 is 19.1 Å². The number of carboxylic acids is 1. The van der Waals surface area contributed by atoms with Crippen molar-refractivity contribution in [1.82, 2.24) is 0 Å². The maximum absolute atomic E-state index is 12.0. The van der Waals surface area contributed by atoms with E-state index < -0.39 is 18.1 Å². The monoisotopic (exact) mass is 202 g/mol. The molecule has 0 bridgehead atoms. The lowest BCUT2D eigenvalue weighted by Gasteiger charge is -2.31. The molecule has 0 aromatic heterocycles. The average Bonchev–Trinajstić information content (AvgIpc) is 2.16. The Morgan fingerprint density at radius 2 is 2.21 bits per heavy atom. The van der Waals surface area contributed by atoms with Gasteiger partial charge in [-0.3, -0.25) is 14.0 Å². The number of aliphatic carboxylic acids is 1. The Morgan fingerprint density at radius 3 is 2.71 bits per heavy atom. The fraction of sp³-hybridized carbons (Fsp3) is 0.800. The molecular weight excluding hydrogens is 187 g/mol. The highest BCUT2D eigenvalue weighted by molar-refractivity contribution is 6.03. The third-order valence-electron chi connectivity index (χ3n) is 2.94. The van der Waals surface area contributed by atoms with Crippen LogP contribution in [0.15, 0.2) is 0 Å². The van der Waals surface area contributed by atoms with Crippen molar-refractivity contribution in [2.75, 3.05) is 6.67 Å². The molecule has 1 aliphatic rings. The molecule has 3 nitrogen and oxygen atoms in total. The van der Waals surface area contributed by atoms with Gasteiger partial charge >= 0.3 is 5.97 Å². The minimum absolute atomic E-state index is 0.150. The molecular formula is C10H15FO3. The van der Waals surface area contributed by atoms with Gasteiger partial charge in [-0.1, -0.05) is 6.42 Å². The van der Waals surface area contributed by atoms with Crippen molar-refractivity contribution in [2.24, 2.45) is 5.41 Å². The zero-order valence-corrected chi connectivity index (χ0v) is 8.09. The highest BCUT2D eigenvalue weighted by atomic mass is 19.1. The molecule has 0 aromatic carbocycles. The minimum atomic E-state index is -1.27. The van der Waals surface area contributed by atoms with Gasteiger partial charge in [0.15, 0.2) is 0 Å². The van der Waals surface area contributed by atoms with Crippen LogP contribution in [0.5, 0.6) is 0 Å². The van der Waals surface area contributed by atoms with E-state index in [4.69, 9.17) is 5.11 Å². The van der Waals surface area contributed by atoms with E-state index >= 15 is 0 Å². The summed E-state index contributed by atoms with van der Waals surface area (Å²) in [6, 6.07) is 0. The quantitative estimate of drug-likeness (QED) is 0.709. The second-order valence-electron chi connectivity index (χ2n) is 3.81. The largest absolute Gasteiger partial charge is 0.480 e. The van der Waals surface area contributed by atoms with Gasteiger partial charge in [-0.15, -0.1) is 0 Å². The fourth-order valence-electron chi connectivity index (χ4n) is 2.06. The van der Waals surface area contributed by atoms with Gasteiger partial charge in [0.25, 0.3) is 0 Å². The predicted octanol–water partition coefficient (Wildman–Crippen LogP) is 1.95. The predicted molar refractivity (Wildman–Crippen MR) is 48.8 cm³/mol. The first kappa shape index (κ1) is 11.1. The number of carbonyl (C=O) groups excluding carboxylic acids is 1. The van der Waals surface area contributed by atoms with Gasteiger partial charge in [0.1, 0.15) is 11.2 Å². The highest BCUT2D eigenvalue weighted by Crippen LogP contribution is 2.37. The number of hydrogen-bond donors (Lipinski definition) is 1. The lowest BCUT2D eigenvalue weighted by Crippen LogP contribution is -2.41. The number of rotatable bonds is 4. The van der Waals surface area contributed by atoms with Crippen molar-refractivity contribution in [3.63, 3.8) is 0 Å². The van der Waals surface area contributed by atoms with Gasteiger partial charge < -0.3 is 5.11 Å². The standard InChI is InChI=1S/C10H15FO3/c11-7-3-6-10(9(13)14)5-2-1-4-8(10)12/h1-7H2,(H,13,14). The molecule has 0 radical (unpaired) electrons. The average molecular weight is 202 g/mol. The van der Waals surface area contributed by atoms with Crippen molar-refractivity contribution >= 4 is 11.8 Å². The summed E-state index contributed by atoms with van der Waals surface area (Å²) < 4.78 is 12.0. The van der Waals surface area contributed by atoms with Crippen LogP contribution >= 0.6 is 0 Å². The Balaban J connectivity index is 2.78. The zero-order valence-electron chi connectivity index (χ0n) is 8.09. The first-order valence-electron chi connectivity index (χ1n) is 4.96. The molecule has 1 unspecified atom stereocenters. The summed E-state index contributed by atoms with van der Waals surface area (Å²) in [5, 5.41) is 9.04. The lowest BCUT2D eigenvalue weighted by molar-refractivity contribution is -0.157. The van der Waals surface area contributed by atoms with E-state index in [9.17, 15) is 14.0 Å². The molecule has 0 spiro atoms. The molecule has 0 aromatic rings. The molecule has 0 aliphatic heterocycles. The Morgan fingerprint density at radius 1 is 1.50 bits per heavy atom. The molecule has 0 heterocycles. The van der Waals surface area contributed by atoms with Crippen molar-refractivity contribution in [3.8, 4) is 0 Å². The summed E-state index contributed by atoms with van der Waals surface area (Å²) in [5.74, 6) is -1.29. The first-order valence-corrected chi connectivity index (χ1v) is 4.96. The van der Waals surface area contributed by atoms with E-state index in [2.05, 4.69) is 0 Å². The summed E-state index contributed by atoms with van der Waals surface area (Å²) in [4.78, 5) is 22.6. The maximum atomic E-state index is 12.0. The van der Waals surface area contributed by atoms with E-state index in [0.717, 1.165) is 12.8 Å². The number of ketones is 1. The van der Waals surface area contributed by atoms with E-state index in [1.54, 1.807) is 0 Å². The third kappa shape index (κ3) is 1.94. The number of carboxylic acid groups (broad SMARTS) is 1. The molecule has 4 heteroatoms. The van der Waals surface area contributed by atoms with Gasteiger partial charge in [0.2, 0.25) is 0 Å². The topological polar surface area (TPSA) is 54.4 Å². The molecule has 1 fully saturated rings. The van der Waals surface area contributed by atoms with Crippen LogP contribution in [0, 0.1) is 5.41 Å². The van der Waals surface area contributed by atoms with Crippen molar-refractivity contribution in [1.29, 1.82) is 0 Å². The lowest BCUT2D eigenvalue weighted by atomic mass is 9.70. The highest BCUT2D eigenvalue weighted by Gasteiger charge is 2.45. The first-order chi connectivity index (χ1) is 6.63. The van der Waals surface area contributed by atoms with E-state index in [1.165, 1.54) is 0 Å². The number of Topliss-reactive ketones (excluding diaryl/α,β-unsaturated/α-hetero) is 1. The molecule has 14 heavy (non-hydrogen) atoms. The van der Waals surface area contributed by atoms with Crippen LogP contribution in [0.25, 0.3) is 0 Å². The van der Waals surface area contributed by atoms with Crippen LogP contribution in [0.3, 0.4) is 0 Å². The Bertz CT molecular complexity index is 240. The summed E-state index contributed by atoms with van der Waals surface area (Å²) in [5.41, 5.74) is -1.27. The number of hydrogen-bond acceptors (Lipinski definition) is 2. The molecule has 1 aliphatic carbocycles. The van der Waals surface area contributed by atoms with Crippen LogP contribution in [-0.2, 0) is 9.59 Å². The van der Waals surface area contributed by atoms with Crippen molar-refractivity contribution in [3.05, 3.63) is 0 Å². The molecule has 0 saturated heterocycles. The summed E-state index contributed by atoms with van der Waals surface area (Å²) >= 11 is 0. The Hall–Kier alpha value is -0.930. The third-order valence-corrected chi connectivity index (χ3v) is 2.94. The Labute approximate surface area is 82.3 Å². The zero-order chi connectivity index (χ0) is 10.6. The van der Waals surface area contributed by atoms with Crippen LogP contribution in [0.4, 0.5) is 4.39 Å². The summed E-state index contributed by atoms with van der Waals surface area (Å²) in [7, 11) is 0. The summed E-state index contributed by atoms with van der Waals surface area (Å²) in [6.07, 6.45) is 2.54. The SMILES string of the molecule is O=C(O)C1(CCCF)CCCCC1=O. The molecule has 0 amide bonds. The van der Waals surface area contributed by atoms with Gasteiger partial charge in [-0.05, 0) is 25.7 Å². The fourth-order valence-corrected chi connectivity index (χ4v) is 2.06. The van der Waals surface area contributed by atoms with Crippen LogP contribution in [0.2, 0.25) is 0 Å². The molecule has 1 saturated carbocycles. The second kappa shape index (κ2) is 4.53. The minimum Gasteiger partial charge on any atom is -0.480 e. The molecule has 1 atom stereocenters. The smallest absolute Gasteiger partial charge is 0.317 e. The summed E-state index contributed by atoms with van der Waals surface area (Å²) in [6.45, 7) is -0.553. The van der Waals surface area contributed by atoms with Crippen LogP contribution < -0.4 is 0 Å². The van der Waals surface area contributed by atoms with E-state index in [1.807, 2.05) is 0 Å². The maximum Gasteiger partial charge on any atom is 0.317 e. The number of carbonyl (C=O) groups is 2. The Kier molecular flexibility index (Phi) is 3.61. The molecule has 1 rings (SSSR count). The normalized spacial score (nSPS) is 27.6. The second-order valence-corrected chi connectivity index (χ2v) is 3.81. The van der Waals surface area contributed by atoms with Crippen LogP contribution in [0.1, 0.15) is 38.5 Å². The van der Waals surface area contributed by atoms with Crippen LogP contribution in [-0.4, -0.2) is 23.5 Å². The van der Waals surface area contributed by atoms with Crippen molar-refractivity contribution in [2.45, 2.75) is 38.5 Å². The van der Waals surface area contributed by atoms with Gasteiger partial charge in [0, 0.05) is 6.42 Å². The number of halogens is 1. The molecule has 80 valence electrons. The van der Waals surface area contributed by atoms with Gasteiger partial charge in [0.05, 0.1) is 6.67 Å². The number of alkyl halides is 1. The van der Waals surface area contributed by atoms with Gasteiger partial charge in [-0.25, -0.2) is 0 Å².